The zero-order valence-electron chi connectivity index (χ0n) is 21.2. The molecule has 2 aromatic carbocycles. The van der Waals surface area contributed by atoms with Crippen molar-refractivity contribution in [3.63, 3.8) is 0 Å². The van der Waals surface area contributed by atoms with E-state index >= 15 is 0 Å². The molecule has 0 aromatic heterocycles. The van der Waals surface area contributed by atoms with Gasteiger partial charge in [0.1, 0.15) is 0 Å². The van der Waals surface area contributed by atoms with Gasteiger partial charge < -0.3 is 0 Å². The van der Waals surface area contributed by atoms with Gasteiger partial charge in [-0.3, -0.25) is 0 Å². The Balaban J connectivity index is 1.32. The number of allylic oxidation sites excluding steroid dienone is 12. The number of hydrogen-bond donors (Lipinski definition) is 0. The first-order valence-corrected chi connectivity index (χ1v) is 14.3. The van der Waals surface area contributed by atoms with Gasteiger partial charge in [0.25, 0.3) is 0 Å². The maximum absolute atomic E-state index is 2.60. The third kappa shape index (κ3) is 3.20. The first-order valence-electron chi connectivity index (χ1n) is 14.3. The molecule has 0 saturated carbocycles. The highest BCUT2D eigenvalue weighted by molar-refractivity contribution is 5.93. The minimum Gasteiger partial charge on any atom is -0.0842 e. The van der Waals surface area contributed by atoms with Crippen LogP contribution in [0.4, 0.5) is 0 Å². The lowest BCUT2D eigenvalue weighted by molar-refractivity contribution is 0.553. The standard InChI is InChI=1S/C36H34/c1-3-7-27-21-29(11-9-23(27)5-1)31-17-13-25-16-20-34-32(18-14-26-15-19-33(31)35(25)36(26)34)30-12-10-24-6-2-4-8-28(24)22-30/h1-2,5-6,9,11,14-15,18-20,22,25,27H,3-4,7-8,10,12-13,16-17,21H2. The van der Waals surface area contributed by atoms with Crippen LogP contribution in [-0.2, 0) is 0 Å². The van der Waals surface area contributed by atoms with E-state index in [0.29, 0.717) is 5.92 Å². The van der Waals surface area contributed by atoms with Gasteiger partial charge in [0.15, 0.2) is 0 Å². The molecule has 0 aliphatic heterocycles. The summed E-state index contributed by atoms with van der Waals surface area (Å²) in [4.78, 5) is 0. The summed E-state index contributed by atoms with van der Waals surface area (Å²) in [5.74, 6) is 1.40. The smallest absolute Gasteiger partial charge is 0.00674 e. The topological polar surface area (TPSA) is 0 Å². The molecule has 8 rings (SSSR count). The van der Waals surface area contributed by atoms with Crippen molar-refractivity contribution in [1.82, 2.24) is 0 Å². The van der Waals surface area contributed by atoms with Gasteiger partial charge in [0.05, 0.1) is 0 Å². The van der Waals surface area contributed by atoms with Gasteiger partial charge in [-0.05, 0) is 142 Å². The maximum Gasteiger partial charge on any atom is -0.00674 e. The fraction of sp³-hybridized carbons (Fsp3) is 0.333. The van der Waals surface area contributed by atoms with Gasteiger partial charge in [0, 0.05) is 0 Å². The Morgan fingerprint density at radius 1 is 0.722 bits per heavy atom. The van der Waals surface area contributed by atoms with Crippen molar-refractivity contribution in [2.24, 2.45) is 5.92 Å². The van der Waals surface area contributed by atoms with Gasteiger partial charge in [0.2, 0.25) is 0 Å². The van der Waals surface area contributed by atoms with Gasteiger partial charge in [-0.25, -0.2) is 0 Å². The number of fused-ring (bicyclic) bond motifs is 1. The summed E-state index contributed by atoms with van der Waals surface area (Å²) >= 11 is 0. The number of benzene rings is 2. The molecule has 0 bridgehead atoms. The van der Waals surface area contributed by atoms with Crippen molar-refractivity contribution >= 4 is 28.0 Å². The molecule has 0 spiro atoms. The molecular weight excluding hydrogens is 432 g/mol. The Kier molecular flexibility index (Phi) is 4.79. The molecule has 6 aliphatic carbocycles. The molecule has 0 heterocycles. The lowest BCUT2D eigenvalue weighted by atomic mass is 9.72. The van der Waals surface area contributed by atoms with E-state index in [9.17, 15) is 0 Å². The second-order valence-electron chi connectivity index (χ2n) is 11.7. The highest BCUT2D eigenvalue weighted by Crippen LogP contribution is 2.42. The number of rotatable bonds is 2. The molecule has 0 saturated heterocycles. The Hall–Kier alpha value is -3.12. The lowest BCUT2D eigenvalue weighted by Crippen LogP contribution is -2.29. The van der Waals surface area contributed by atoms with Crippen LogP contribution in [0.5, 0.6) is 0 Å². The minimum atomic E-state index is 0.682. The molecule has 36 heavy (non-hydrogen) atoms. The maximum atomic E-state index is 2.60. The third-order valence-corrected chi connectivity index (χ3v) is 9.81. The largest absolute Gasteiger partial charge is 0.0842 e. The van der Waals surface area contributed by atoms with Crippen molar-refractivity contribution < 1.29 is 0 Å². The minimum absolute atomic E-state index is 0.682. The van der Waals surface area contributed by atoms with Crippen molar-refractivity contribution in [3.05, 3.63) is 111 Å². The fourth-order valence-electron chi connectivity index (χ4n) is 7.97. The van der Waals surface area contributed by atoms with Crippen molar-refractivity contribution in [2.45, 2.75) is 70.1 Å². The summed E-state index contributed by atoms with van der Waals surface area (Å²) in [6, 6.07) is 9.73. The summed E-state index contributed by atoms with van der Waals surface area (Å²) < 4.78 is 0. The van der Waals surface area contributed by atoms with Crippen LogP contribution in [-0.4, -0.2) is 0 Å². The van der Waals surface area contributed by atoms with E-state index in [0.717, 1.165) is 5.92 Å². The van der Waals surface area contributed by atoms with Gasteiger partial charge in [-0.2, -0.15) is 0 Å². The molecule has 0 nitrogen and oxygen atoms in total. The predicted octanol–water partition coefficient (Wildman–Crippen LogP) is 8.10. The molecule has 178 valence electrons. The van der Waals surface area contributed by atoms with E-state index in [-0.39, 0.29) is 0 Å². The first-order chi connectivity index (χ1) is 17.8. The van der Waals surface area contributed by atoms with E-state index in [1.807, 2.05) is 0 Å². The Labute approximate surface area is 214 Å². The number of hydrogen-bond acceptors (Lipinski definition) is 0. The summed E-state index contributed by atoms with van der Waals surface area (Å²) in [6.07, 6.45) is 31.7. The monoisotopic (exact) mass is 466 g/mol. The van der Waals surface area contributed by atoms with Crippen LogP contribution in [0.1, 0.15) is 81.3 Å². The SMILES string of the molecule is C1=CC2=C(C=C(c3ccc4ccc5c6c4c3=CCC6CCC=5C3=CC=C4C=CCCC4C3)CC2)CC1. The average molecular weight is 467 g/mol. The van der Waals surface area contributed by atoms with Crippen LogP contribution in [0.25, 0.3) is 28.0 Å². The molecule has 0 N–H and O–H groups in total. The van der Waals surface area contributed by atoms with Gasteiger partial charge in [-0.1, -0.05) is 72.9 Å². The van der Waals surface area contributed by atoms with Gasteiger partial charge in [-0.15, -0.1) is 0 Å². The zero-order valence-corrected chi connectivity index (χ0v) is 21.2. The molecule has 0 heteroatoms. The fourth-order valence-corrected chi connectivity index (χ4v) is 7.97. The summed E-state index contributed by atoms with van der Waals surface area (Å²) in [7, 11) is 0. The van der Waals surface area contributed by atoms with E-state index in [4.69, 9.17) is 0 Å². The van der Waals surface area contributed by atoms with Crippen LogP contribution in [0.15, 0.2) is 89.1 Å². The van der Waals surface area contributed by atoms with Crippen LogP contribution in [0, 0.1) is 5.92 Å². The van der Waals surface area contributed by atoms with E-state index in [1.165, 1.54) is 80.4 Å². The van der Waals surface area contributed by atoms with Gasteiger partial charge >= 0.3 is 0 Å². The predicted molar refractivity (Wildman–Crippen MR) is 153 cm³/mol. The van der Waals surface area contributed by atoms with Crippen molar-refractivity contribution in [1.29, 1.82) is 0 Å². The van der Waals surface area contributed by atoms with Crippen molar-refractivity contribution in [2.75, 3.05) is 0 Å². The quantitative estimate of drug-likeness (QED) is 0.419. The molecular formula is C36H34. The highest BCUT2D eigenvalue weighted by Gasteiger charge is 2.29. The van der Waals surface area contributed by atoms with E-state index in [1.54, 1.807) is 49.6 Å². The molecule has 2 unspecified atom stereocenters. The molecule has 2 atom stereocenters. The Bertz CT molecular complexity index is 1620. The third-order valence-electron chi connectivity index (χ3n) is 9.81. The lowest BCUT2D eigenvalue weighted by Gasteiger charge is -2.32. The molecule has 0 fully saturated rings. The Morgan fingerprint density at radius 2 is 1.67 bits per heavy atom. The molecule has 6 aliphatic rings. The van der Waals surface area contributed by atoms with Crippen LogP contribution in [0.3, 0.4) is 0 Å². The Morgan fingerprint density at radius 3 is 2.67 bits per heavy atom. The van der Waals surface area contributed by atoms with Crippen molar-refractivity contribution in [3.8, 4) is 0 Å². The molecule has 2 aromatic rings. The summed E-state index contributed by atoms with van der Waals surface area (Å²) in [5.41, 5.74) is 12.7. The second-order valence-corrected chi connectivity index (χ2v) is 11.7. The highest BCUT2D eigenvalue weighted by atomic mass is 14.3. The van der Waals surface area contributed by atoms with E-state index in [2.05, 4.69) is 72.9 Å². The zero-order chi connectivity index (χ0) is 23.6. The van der Waals surface area contributed by atoms with Crippen LogP contribution in [0.2, 0.25) is 0 Å². The average Bonchev–Trinajstić information content (AvgIpc) is 2.95. The summed E-state index contributed by atoms with van der Waals surface area (Å²) in [6.45, 7) is 0. The molecule has 0 amide bonds. The summed E-state index contributed by atoms with van der Waals surface area (Å²) in [5, 5.41) is 6.10. The molecule has 0 radical (unpaired) electrons. The van der Waals surface area contributed by atoms with Crippen LogP contribution >= 0.6 is 0 Å². The first kappa shape index (κ1) is 21.0. The van der Waals surface area contributed by atoms with Crippen LogP contribution < -0.4 is 10.4 Å². The van der Waals surface area contributed by atoms with E-state index < -0.39 is 0 Å². The second kappa shape index (κ2) is 8.20. The normalized spacial score (nSPS) is 26.1.